The number of carbonyl (C=O) groups excluding carboxylic acids is 2. The molecule has 0 radical (unpaired) electrons. The lowest BCUT2D eigenvalue weighted by atomic mass is 10.4. The lowest BCUT2D eigenvalue weighted by molar-refractivity contribution is -0.113. The lowest BCUT2D eigenvalue weighted by Gasteiger charge is -2.05. The molecule has 0 unspecified atom stereocenters. The molecule has 0 atom stereocenters. The summed E-state index contributed by atoms with van der Waals surface area (Å²) in [6, 6.07) is 3.22. The first-order valence-corrected chi connectivity index (χ1v) is 9.82. The molecule has 0 saturated carbocycles. The van der Waals surface area contributed by atoms with E-state index < -0.39 is 0 Å². The molecule has 3 aromatic heterocycles. The first-order chi connectivity index (χ1) is 13.1. The van der Waals surface area contributed by atoms with Crippen molar-refractivity contribution >= 4 is 40.0 Å². The predicted molar refractivity (Wildman–Crippen MR) is 99.5 cm³/mol. The molecule has 2 amide bonds. The van der Waals surface area contributed by atoms with Gasteiger partial charge < -0.3 is 14.3 Å². The van der Waals surface area contributed by atoms with Crippen LogP contribution in [0.3, 0.4) is 0 Å². The minimum Gasteiger partial charge on any atom is -0.459 e. The number of rotatable bonds is 8. The third-order valence-electron chi connectivity index (χ3n) is 3.43. The number of nitrogens with zero attached hydrogens (tertiary/aromatic N) is 5. The van der Waals surface area contributed by atoms with Gasteiger partial charge in [0.15, 0.2) is 16.7 Å². The van der Waals surface area contributed by atoms with Gasteiger partial charge in [-0.15, -0.1) is 20.4 Å². The Bertz CT molecular complexity index is 920. The molecule has 3 aromatic rings. The van der Waals surface area contributed by atoms with E-state index in [0.29, 0.717) is 16.1 Å². The van der Waals surface area contributed by atoms with Gasteiger partial charge in [0.1, 0.15) is 5.01 Å². The van der Waals surface area contributed by atoms with Crippen LogP contribution >= 0.6 is 23.1 Å². The van der Waals surface area contributed by atoms with Crippen molar-refractivity contribution in [3.63, 3.8) is 0 Å². The maximum atomic E-state index is 12.0. The Labute approximate surface area is 162 Å². The van der Waals surface area contributed by atoms with E-state index in [0.717, 1.165) is 11.4 Å². The molecular formula is C15H17N7O3S2. The summed E-state index contributed by atoms with van der Waals surface area (Å²) >= 11 is 2.60. The number of aryl methyl sites for hydroxylation is 1. The largest absolute Gasteiger partial charge is 0.459 e. The molecule has 27 heavy (non-hydrogen) atoms. The van der Waals surface area contributed by atoms with Gasteiger partial charge in [-0.05, 0) is 18.6 Å². The second-order valence-electron chi connectivity index (χ2n) is 5.31. The van der Waals surface area contributed by atoms with Crippen LogP contribution in [0.2, 0.25) is 0 Å². The third-order valence-corrected chi connectivity index (χ3v) is 5.43. The number of anilines is 1. The van der Waals surface area contributed by atoms with E-state index in [1.807, 2.05) is 6.92 Å². The van der Waals surface area contributed by atoms with E-state index in [9.17, 15) is 9.59 Å². The topological polar surface area (TPSA) is 128 Å². The third kappa shape index (κ3) is 4.92. The average Bonchev–Trinajstić information content (AvgIpc) is 3.40. The molecule has 0 aliphatic carbocycles. The summed E-state index contributed by atoms with van der Waals surface area (Å²) in [5, 5.41) is 23.3. The summed E-state index contributed by atoms with van der Waals surface area (Å²) in [5.74, 6) is 0.418. The zero-order chi connectivity index (χ0) is 19.2. The highest BCUT2D eigenvalue weighted by molar-refractivity contribution is 7.99. The molecule has 0 aliphatic heterocycles. The van der Waals surface area contributed by atoms with Crippen molar-refractivity contribution in [3.05, 3.63) is 35.0 Å². The number of hydrogen-bond acceptors (Lipinski definition) is 9. The molecule has 3 rings (SSSR count). The van der Waals surface area contributed by atoms with Crippen molar-refractivity contribution in [1.82, 2.24) is 30.3 Å². The van der Waals surface area contributed by atoms with Gasteiger partial charge in [-0.3, -0.25) is 14.9 Å². The normalized spacial score (nSPS) is 10.7. The maximum absolute atomic E-state index is 12.0. The van der Waals surface area contributed by atoms with Crippen LogP contribution in [0.1, 0.15) is 28.3 Å². The summed E-state index contributed by atoms with van der Waals surface area (Å²) in [4.78, 5) is 23.9. The van der Waals surface area contributed by atoms with Crippen LogP contribution in [0, 0.1) is 0 Å². The van der Waals surface area contributed by atoms with Gasteiger partial charge in [0.25, 0.3) is 5.91 Å². The molecule has 0 aromatic carbocycles. The average molecular weight is 407 g/mol. The van der Waals surface area contributed by atoms with Crippen LogP contribution in [0.15, 0.2) is 28.0 Å². The Hall–Kier alpha value is -2.73. The SMILES string of the molecule is CCc1nnc(NC(=O)CSc2nnc(CNC(=O)c3ccco3)n2C)s1. The van der Waals surface area contributed by atoms with E-state index in [4.69, 9.17) is 4.42 Å². The van der Waals surface area contributed by atoms with Crippen molar-refractivity contribution in [2.24, 2.45) is 7.05 Å². The number of thioether (sulfide) groups is 1. The maximum Gasteiger partial charge on any atom is 0.287 e. The zero-order valence-electron chi connectivity index (χ0n) is 14.6. The van der Waals surface area contributed by atoms with Gasteiger partial charge >= 0.3 is 0 Å². The molecule has 12 heteroatoms. The Morgan fingerprint density at radius 2 is 2.15 bits per heavy atom. The molecule has 0 spiro atoms. The molecule has 0 saturated heterocycles. The predicted octanol–water partition coefficient (Wildman–Crippen LogP) is 1.48. The highest BCUT2D eigenvalue weighted by Gasteiger charge is 2.14. The van der Waals surface area contributed by atoms with Crippen LogP contribution in [0.5, 0.6) is 0 Å². The van der Waals surface area contributed by atoms with E-state index in [1.54, 1.807) is 23.7 Å². The van der Waals surface area contributed by atoms with Gasteiger partial charge in [0.2, 0.25) is 11.0 Å². The van der Waals surface area contributed by atoms with Gasteiger partial charge in [-0.25, -0.2) is 0 Å². The van der Waals surface area contributed by atoms with Crippen molar-refractivity contribution < 1.29 is 14.0 Å². The van der Waals surface area contributed by atoms with Crippen molar-refractivity contribution in [1.29, 1.82) is 0 Å². The van der Waals surface area contributed by atoms with Gasteiger partial charge in [0.05, 0.1) is 18.6 Å². The van der Waals surface area contributed by atoms with Gasteiger partial charge in [-0.1, -0.05) is 30.0 Å². The first-order valence-electron chi connectivity index (χ1n) is 8.01. The summed E-state index contributed by atoms with van der Waals surface area (Å²) in [7, 11) is 1.77. The fourth-order valence-corrected chi connectivity index (χ4v) is 3.44. The first kappa shape index (κ1) is 19.0. The van der Waals surface area contributed by atoms with Gasteiger partial charge in [0, 0.05) is 7.05 Å². The van der Waals surface area contributed by atoms with Crippen LogP contribution < -0.4 is 10.6 Å². The number of carbonyl (C=O) groups is 2. The molecule has 0 aliphatic rings. The summed E-state index contributed by atoms with van der Waals surface area (Å²) in [5.41, 5.74) is 0. The number of furan rings is 1. The second-order valence-corrected chi connectivity index (χ2v) is 7.31. The Morgan fingerprint density at radius 1 is 1.30 bits per heavy atom. The van der Waals surface area contributed by atoms with E-state index in [-0.39, 0.29) is 29.9 Å². The number of amides is 2. The van der Waals surface area contributed by atoms with Crippen molar-refractivity contribution in [2.75, 3.05) is 11.1 Å². The van der Waals surface area contributed by atoms with Crippen molar-refractivity contribution in [2.45, 2.75) is 25.0 Å². The minimum absolute atomic E-state index is 0.158. The minimum atomic E-state index is -0.333. The van der Waals surface area contributed by atoms with Crippen molar-refractivity contribution in [3.8, 4) is 0 Å². The molecule has 2 N–H and O–H groups in total. The van der Waals surface area contributed by atoms with E-state index in [2.05, 4.69) is 31.0 Å². The molecule has 0 bridgehead atoms. The summed E-state index contributed by atoms with van der Waals surface area (Å²) in [6.07, 6.45) is 2.21. The van der Waals surface area contributed by atoms with E-state index in [1.165, 1.54) is 29.4 Å². The highest BCUT2D eigenvalue weighted by Crippen LogP contribution is 2.18. The smallest absolute Gasteiger partial charge is 0.287 e. The quantitative estimate of drug-likeness (QED) is 0.538. The standard InChI is InChI=1S/C15H17N7O3S2/c1-3-12-19-20-14(27-12)17-11(23)8-26-15-21-18-10(22(15)2)7-16-13(24)9-5-4-6-25-9/h4-6H,3,7-8H2,1-2H3,(H,16,24)(H,17,20,23). The zero-order valence-corrected chi connectivity index (χ0v) is 16.3. The van der Waals surface area contributed by atoms with Crippen LogP contribution in [-0.2, 0) is 24.8 Å². The number of hydrogen-bond donors (Lipinski definition) is 2. The number of aromatic nitrogens is 5. The Morgan fingerprint density at radius 3 is 2.85 bits per heavy atom. The highest BCUT2D eigenvalue weighted by atomic mass is 32.2. The fourth-order valence-electron chi connectivity index (χ4n) is 2.01. The molecule has 142 valence electrons. The second kappa shape index (κ2) is 8.77. The van der Waals surface area contributed by atoms with Crippen LogP contribution in [-0.4, -0.2) is 42.5 Å². The summed E-state index contributed by atoms with van der Waals surface area (Å²) < 4.78 is 6.75. The molecular weight excluding hydrogens is 390 g/mol. The number of nitrogens with one attached hydrogen (secondary N) is 2. The molecule has 10 nitrogen and oxygen atoms in total. The molecule has 0 fully saturated rings. The monoisotopic (exact) mass is 407 g/mol. The molecule has 3 heterocycles. The fraction of sp³-hybridized carbons (Fsp3) is 0.333. The van der Waals surface area contributed by atoms with E-state index >= 15 is 0 Å². The Balaban J connectivity index is 1.49. The summed E-state index contributed by atoms with van der Waals surface area (Å²) in [6.45, 7) is 2.17. The Kier molecular flexibility index (Phi) is 6.19. The van der Waals surface area contributed by atoms with Gasteiger partial charge in [-0.2, -0.15) is 0 Å². The van der Waals surface area contributed by atoms with Crippen LogP contribution in [0.4, 0.5) is 5.13 Å². The van der Waals surface area contributed by atoms with Crippen LogP contribution in [0.25, 0.3) is 0 Å². The lowest BCUT2D eigenvalue weighted by Crippen LogP contribution is -2.24.